The minimum Gasteiger partial charge on any atom is -0.441 e. The fraction of sp³-hybridized carbons (Fsp3) is 0.647. The van der Waals surface area contributed by atoms with Gasteiger partial charge in [0.15, 0.2) is 5.78 Å². The second-order valence-electron chi connectivity index (χ2n) is 6.92. The molecule has 1 atom stereocenters. The normalized spacial score (nSPS) is 23.3. The molecule has 8 heteroatoms. The Hall–Kier alpha value is -2.38. The topological polar surface area (TPSA) is 93.5 Å². The zero-order valence-electron chi connectivity index (χ0n) is 14.9. The zero-order valence-corrected chi connectivity index (χ0v) is 14.9. The van der Waals surface area contributed by atoms with Gasteiger partial charge in [-0.15, -0.1) is 0 Å². The van der Waals surface area contributed by atoms with E-state index in [2.05, 4.69) is 10.4 Å². The molecule has 2 aliphatic rings. The van der Waals surface area contributed by atoms with Crippen LogP contribution in [0.15, 0.2) is 0 Å². The van der Waals surface area contributed by atoms with E-state index in [0.29, 0.717) is 37.3 Å². The highest BCUT2D eigenvalue weighted by atomic mass is 16.6. The van der Waals surface area contributed by atoms with Gasteiger partial charge < -0.3 is 15.0 Å². The summed E-state index contributed by atoms with van der Waals surface area (Å²) >= 11 is 0. The van der Waals surface area contributed by atoms with Crippen LogP contribution in [0.4, 0.5) is 4.79 Å². The number of amides is 2. The number of hydrogen-bond donors (Lipinski definition) is 1. The Morgan fingerprint density at radius 2 is 2.04 bits per heavy atom. The number of aryl methyl sites for hydroxylation is 1. The van der Waals surface area contributed by atoms with Gasteiger partial charge in [0.1, 0.15) is 12.1 Å². The average molecular weight is 348 g/mol. The van der Waals surface area contributed by atoms with Crippen molar-refractivity contribution in [1.29, 1.82) is 0 Å². The minimum atomic E-state index is -0.480. The summed E-state index contributed by atoms with van der Waals surface area (Å²) < 4.78 is 7.04. The van der Waals surface area contributed by atoms with Crippen LogP contribution in [0, 0.1) is 13.8 Å². The lowest BCUT2D eigenvalue weighted by Gasteiger charge is -2.25. The molecule has 0 unspecified atom stereocenters. The molecule has 2 saturated heterocycles. The van der Waals surface area contributed by atoms with Crippen LogP contribution in [0.3, 0.4) is 0 Å². The van der Waals surface area contributed by atoms with E-state index in [9.17, 15) is 14.4 Å². The van der Waals surface area contributed by atoms with E-state index in [0.717, 1.165) is 18.5 Å². The largest absolute Gasteiger partial charge is 0.441 e. The summed E-state index contributed by atoms with van der Waals surface area (Å²) in [6, 6.07) is 0. The molecule has 2 fully saturated rings. The maximum Gasteiger partial charge on any atom is 0.407 e. The highest BCUT2D eigenvalue weighted by Gasteiger charge is 2.41. The number of ether oxygens (including phenoxy) is 1. The van der Waals surface area contributed by atoms with Gasteiger partial charge in [-0.25, -0.2) is 4.79 Å². The van der Waals surface area contributed by atoms with Crippen LogP contribution in [-0.4, -0.2) is 57.7 Å². The second-order valence-corrected chi connectivity index (χ2v) is 6.92. The fourth-order valence-electron chi connectivity index (χ4n) is 3.79. The second kappa shape index (κ2) is 6.50. The lowest BCUT2D eigenvalue weighted by Crippen LogP contribution is -2.38. The molecular formula is C17H24N4O4. The Labute approximate surface area is 146 Å². The number of aromatic nitrogens is 2. The molecule has 3 rings (SSSR count). The molecule has 2 amide bonds. The van der Waals surface area contributed by atoms with E-state index in [1.54, 1.807) is 16.5 Å². The summed E-state index contributed by atoms with van der Waals surface area (Å²) in [4.78, 5) is 37.6. The Balaban J connectivity index is 1.67. The van der Waals surface area contributed by atoms with E-state index in [-0.39, 0.29) is 24.3 Å². The Morgan fingerprint density at radius 1 is 1.28 bits per heavy atom. The number of likely N-dealkylation sites (tertiary alicyclic amines) is 1. The van der Waals surface area contributed by atoms with Crippen LogP contribution in [0.25, 0.3) is 0 Å². The quantitative estimate of drug-likeness (QED) is 0.828. The molecule has 2 aliphatic heterocycles. The Morgan fingerprint density at radius 3 is 2.64 bits per heavy atom. The maximum atomic E-state index is 12.7. The summed E-state index contributed by atoms with van der Waals surface area (Å²) in [6.45, 7) is 6.91. The average Bonchev–Trinajstić information content (AvgIpc) is 2.93. The first kappa shape index (κ1) is 17.4. The molecule has 136 valence electrons. The van der Waals surface area contributed by atoms with Crippen molar-refractivity contribution in [2.24, 2.45) is 0 Å². The van der Waals surface area contributed by atoms with Crippen molar-refractivity contribution in [1.82, 2.24) is 20.0 Å². The minimum absolute atomic E-state index is 0.0324. The summed E-state index contributed by atoms with van der Waals surface area (Å²) in [5, 5.41) is 7.05. The van der Waals surface area contributed by atoms with Gasteiger partial charge in [-0.3, -0.25) is 14.3 Å². The number of alkyl carbamates (subject to hydrolysis) is 1. The summed E-state index contributed by atoms with van der Waals surface area (Å²) in [5.41, 5.74) is 1.48. The molecule has 0 saturated carbocycles. The van der Waals surface area contributed by atoms with E-state index in [1.165, 1.54) is 6.92 Å². The Bertz CT molecular complexity index is 726. The number of nitrogens with zero attached hydrogens (tertiary/aromatic N) is 3. The third kappa shape index (κ3) is 3.38. The van der Waals surface area contributed by atoms with Crippen LogP contribution >= 0.6 is 0 Å². The van der Waals surface area contributed by atoms with Gasteiger partial charge in [0.25, 0.3) is 0 Å². The van der Waals surface area contributed by atoms with Crippen LogP contribution in [0.5, 0.6) is 0 Å². The van der Waals surface area contributed by atoms with Gasteiger partial charge >= 0.3 is 6.09 Å². The van der Waals surface area contributed by atoms with Crippen molar-refractivity contribution in [2.45, 2.75) is 52.2 Å². The van der Waals surface area contributed by atoms with Crippen LogP contribution in [0.2, 0.25) is 0 Å². The first-order chi connectivity index (χ1) is 11.8. The lowest BCUT2D eigenvalue weighted by molar-refractivity contribution is -0.132. The molecule has 0 radical (unpaired) electrons. The van der Waals surface area contributed by atoms with Gasteiger partial charge in [-0.05, 0) is 33.6 Å². The summed E-state index contributed by atoms with van der Waals surface area (Å²) in [5.74, 6) is -0.0732. The van der Waals surface area contributed by atoms with Crippen molar-refractivity contribution in [3.63, 3.8) is 0 Å². The number of ketones is 1. The maximum absolute atomic E-state index is 12.7. The summed E-state index contributed by atoms with van der Waals surface area (Å²) in [6.07, 6.45) is 1.80. The van der Waals surface area contributed by atoms with Crippen LogP contribution < -0.4 is 5.32 Å². The molecule has 0 aromatic carbocycles. The molecule has 0 bridgehead atoms. The molecule has 3 heterocycles. The van der Waals surface area contributed by atoms with E-state index in [1.807, 2.05) is 6.92 Å². The van der Waals surface area contributed by atoms with Crippen molar-refractivity contribution in [3.05, 3.63) is 17.0 Å². The van der Waals surface area contributed by atoms with E-state index >= 15 is 0 Å². The molecular weight excluding hydrogens is 324 g/mol. The highest BCUT2D eigenvalue weighted by molar-refractivity contribution is 5.96. The standard InChI is InChI=1S/C17H24N4O4/c1-11-15(13(3)22)12(2)21(19-11)9-14(23)20-7-4-5-17(6-8-20)10-18-16(24)25-17/h4-10H2,1-3H3,(H,18,24)/t17-/m0/s1. The highest BCUT2D eigenvalue weighted by Crippen LogP contribution is 2.29. The first-order valence-electron chi connectivity index (χ1n) is 8.61. The van der Waals surface area contributed by atoms with Gasteiger partial charge in [-0.1, -0.05) is 0 Å². The number of Topliss-reactive ketones (excluding diaryl/α,β-unsaturated/α-hetero) is 1. The number of carbonyl (C=O) groups is 3. The fourth-order valence-corrected chi connectivity index (χ4v) is 3.79. The van der Waals surface area contributed by atoms with Gasteiger partial charge in [0.2, 0.25) is 5.91 Å². The molecule has 1 N–H and O–H groups in total. The zero-order chi connectivity index (χ0) is 18.2. The number of rotatable bonds is 3. The molecule has 1 aromatic rings. The van der Waals surface area contributed by atoms with Crippen molar-refractivity contribution in [3.8, 4) is 0 Å². The van der Waals surface area contributed by atoms with Crippen LogP contribution in [-0.2, 0) is 16.1 Å². The van der Waals surface area contributed by atoms with Gasteiger partial charge in [0, 0.05) is 25.2 Å². The SMILES string of the molecule is CC(=O)c1c(C)nn(CC(=O)N2CCC[C@]3(CC2)CNC(=O)O3)c1C. The van der Waals surface area contributed by atoms with Gasteiger partial charge in [0.05, 0.1) is 17.8 Å². The molecule has 25 heavy (non-hydrogen) atoms. The smallest absolute Gasteiger partial charge is 0.407 e. The molecule has 0 aliphatic carbocycles. The Kier molecular flexibility index (Phi) is 4.53. The predicted molar refractivity (Wildman–Crippen MR) is 89.4 cm³/mol. The number of nitrogens with one attached hydrogen (secondary N) is 1. The lowest BCUT2D eigenvalue weighted by atomic mass is 9.95. The number of carbonyl (C=O) groups excluding carboxylic acids is 3. The molecule has 8 nitrogen and oxygen atoms in total. The molecule has 1 aromatic heterocycles. The summed E-state index contributed by atoms with van der Waals surface area (Å²) in [7, 11) is 0. The number of hydrogen-bond acceptors (Lipinski definition) is 5. The predicted octanol–water partition coefficient (Wildman–Crippen LogP) is 1.19. The van der Waals surface area contributed by atoms with Crippen molar-refractivity contribution < 1.29 is 19.1 Å². The monoisotopic (exact) mass is 348 g/mol. The third-order valence-electron chi connectivity index (χ3n) is 5.13. The third-order valence-corrected chi connectivity index (χ3v) is 5.13. The first-order valence-corrected chi connectivity index (χ1v) is 8.61. The van der Waals surface area contributed by atoms with Crippen molar-refractivity contribution in [2.75, 3.05) is 19.6 Å². The van der Waals surface area contributed by atoms with E-state index in [4.69, 9.17) is 4.74 Å². The van der Waals surface area contributed by atoms with E-state index < -0.39 is 5.60 Å². The van der Waals surface area contributed by atoms with Crippen LogP contribution in [0.1, 0.15) is 47.9 Å². The molecule has 1 spiro atoms. The van der Waals surface area contributed by atoms with Gasteiger partial charge in [-0.2, -0.15) is 5.10 Å². The van der Waals surface area contributed by atoms with Crippen molar-refractivity contribution >= 4 is 17.8 Å².